The second kappa shape index (κ2) is 8.32. The number of halogens is 1. The van der Waals surface area contributed by atoms with Gasteiger partial charge in [-0.25, -0.2) is 13.8 Å². The zero-order valence-corrected chi connectivity index (χ0v) is 16.8. The average molecular weight is 448 g/mol. The van der Waals surface area contributed by atoms with Gasteiger partial charge in [0.15, 0.2) is 18.9 Å². The van der Waals surface area contributed by atoms with Crippen molar-refractivity contribution in [2.24, 2.45) is 0 Å². The zero-order chi connectivity index (χ0) is 20.6. The van der Waals surface area contributed by atoms with Crippen molar-refractivity contribution >= 4 is 26.1 Å². The number of phosphoric ester groups is 1. The molecular formula is C12H19FN2O9P2S. The van der Waals surface area contributed by atoms with Gasteiger partial charge in [0.05, 0.1) is 6.61 Å². The largest absolute Gasteiger partial charge is 0.469 e. The minimum Gasteiger partial charge on any atom is -0.346 e. The van der Waals surface area contributed by atoms with Crippen LogP contribution >= 0.6 is 14.3 Å². The third-order valence-electron chi connectivity index (χ3n) is 3.72. The highest BCUT2D eigenvalue weighted by atomic mass is 32.5. The number of hydrogen-bond acceptors (Lipinski definition) is 7. The van der Waals surface area contributed by atoms with Crippen LogP contribution in [0, 0.1) is 0 Å². The number of nitrogens with zero attached hydrogens (tertiary/aromatic N) is 1. The molecule has 1 aromatic heterocycles. The number of nitrogens with one attached hydrogen (secondary N) is 1. The molecule has 15 heteroatoms. The molecule has 0 aliphatic carbocycles. The lowest BCUT2D eigenvalue weighted by atomic mass is 10.1. The van der Waals surface area contributed by atoms with Gasteiger partial charge in [0, 0.05) is 17.9 Å². The predicted octanol–water partition coefficient (Wildman–Crippen LogP) is -0.0232. The van der Waals surface area contributed by atoms with E-state index in [-0.39, 0.29) is 0 Å². The van der Waals surface area contributed by atoms with Crippen LogP contribution < -0.4 is 11.2 Å². The molecule has 1 saturated heterocycles. The SMILES string of the molecule is CC(C)P(O)(=S)O[C@@H]1[C@H](F)[C@@H](COP(=O)(O)O)O[C@H]1n1ccc(=O)[nH]c1=O. The first-order valence-corrected chi connectivity index (χ1v) is 11.9. The molecular weight excluding hydrogens is 429 g/mol. The van der Waals surface area contributed by atoms with E-state index in [2.05, 4.69) is 4.52 Å². The maximum absolute atomic E-state index is 14.9. The maximum atomic E-state index is 14.9. The molecule has 0 spiro atoms. The van der Waals surface area contributed by atoms with Gasteiger partial charge in [0.2, 0.25) is 0 Å². The topological polar surface area (TPSA) is 160 Å². The molecule has 0 aromatic carbocycles. The highest BCUT2D eigenvalue weighted by Gasteiger charge is 2.50. The van der Waals surface area contributed by atoms with Crippen LogP contribution in [0.3, 0.4) is 0 Å². The molecule has 2 heterocycles. The molecule has 27 heavy (non-hydrogen) atoms. The quantitative estimate of drug-likeness (QED) is 0.417. The smallest absolute Gasteiger partial charge is 0.346 e. The third kappa shape index (κ3) is 5.63. The van der Waals surface area contributed by atoms with Crippen molar-refractivity contribution < 1.29 is 37.4 Å². The van der Waals surface area contributed by atoms with Gasteiger partial charge in [-0.15, -0.1) is 0 Å². The monoisotopic (exact) mass is 448 g/mol. The average Bonchev–Trinajstić information content (AvgIpc) is 2.81. The fourth-order valence-electron chi connectivity index (χ4n) is 2.26. The zero-order valence-electron chi connectivity index (χ0n) is 14.2. The first kappa shape index (κ1) is 22.5. The van der Waals surface area contributed by atoms with Crippen LogP contribution in [0.15, 0.2) is 21.9 Å². The van der Waals surface area contributed by atoms with E-state index in [4.69, 9.17) is 30.9 Å². The molecule has 154 valence electrons. The van der Waals surface area contributed by atoms with E-state index < -0.39 is 62.4 Å². The fourth-order valence-corrected chi connectivity index (χ4v) is 3.71. The molecule has 4 N–H and O–H groups in total. The van der Waals surface area contributed by atoms with Gasteiger partial charge in [-0.2, -0.15) is 0 Å². The van der Waals surface area contributed by atoms with Gasteiger partial charge in [-0.05, 0) is 11.8 Å². The van der Waals surface area contributed by atoms with E-state index in [9.17, 15) is 23.4 Å². The molecule has 0 radical (unpaired) electrons. The summed E-state index contributed by atoms with van der Waals surface area (Å²) >= 11 is 5.00. The van der Waals surface area contributed by atoms with Crippen molar-refractivity contribution in [1.82, 2.24) is 9.55 Å². The highest BCUT2D eigenvalue weighted by Crippen LogP contribution is 2.52. The lowest BCUT2D eigenvalue weighted by Crippen LogP contribution is -2.37. The number of H-pyrrole nitrogens is 1. The molecule has 1 aliphatic heterocycles. The van der Waals surface area contributed by atoms with Gasteiger partial charge in [0.25, 0.3) is 5.56 Å². The van der Waals surface area contributed by atoms with Crippen LogP contribution in [0.4, 0.5) is 4.39 Å². The van der Waals surface area contributed by atoms with Gasteiger partial charge in [0.1, 0.15) is 12.2 Å². The number of aromatic nitrogens is 2. The molecule has 5 atom stereocenters. The number of hydrogen-bond donors (Lipinski definition) is 4. The first-order valence-electron chi connectivity index (χ1n) is 7.64. The minimum absolute atomic E-state index is 0.530. The van der Waals surface area contributed by atoms with Crippen LogP contribution in [-0.2, 0) is 30.2 Å². The molecule has 1 aromatic rings. The van der Waals surface area contributed by atoms with Crippen molar-refractivity contribution in [1.29, 1.82) is 0 Å². The van der Waals surface area contributed by atoms with Crippen molar-refractivity contribution in [3.8, 4) is 0 Å². The summed E-state index contributed by atoms with van der Waals surface area (Å²) in [4.78, 5) is 53.0. The Morgan fingerprint density at radius 3 is 2.56 bits per heavy atom. The normalized spacial score (nSPS) is 28.4. The lowest BCUT2D eigenvalue weighted by Gasteiger charge is -2.27. The fraction of sp³-hybridized carbons (Fsp3) is 0.667. The van der Waals surface area contributed by atoms with Crippen molar-refractivity contribution in [3.05, 3.63) is 33.1 Å². The van der Waals surface area contributed by atoms with Crippen LogP contribution in [0.2, 0.25) is 0 Å². The summed E-state index contributed by atoms with van der Waals surface area (Å²) in [6.07, 6.45) is -5.54. The second-order valence-corrected chi connectivity index (χ2v) is 11.2. The summed E-state index contributed by atoms with van der Waals surface area (Å²) in [7, 11) is -4.90. The molecule has 0 bridgehead atoms. The standard InChI is InChI=1S/C12H19FN2O9P2S/c1-6(2)25(18,27)24-10-9(13)7(5-22-26(19,20)21)23-11(10)15-4-3-8(16)14-12(15)17/h3-4,6-7,9-11H,5H2,1-2H3,(H,18,27)(H,14,16,17)(H2,19,20,21)/t7-,9-,10-,11-,25?/m1/s1. The molecule has 0 amide bonds. The van der Waals surface area contributed by atoms with E-state index in [0.29, 0.717) is 0 Å². The Labute approximate surface area is 157 Å². The Balaban J connectivity index is 2.37. The first-order chi connectivity index (χ1) is 12.3. The van der Waals surface area contributed by atoms with Gasteiger partial charge in [-0.1, -0.05) is 13.8 Å². The van der Waals surface area contributed by atoms with Crippen LogP contribution in [0.1, 0.15) is 20.1 Å². The summed E-state index contributed by atoms with van der Waals surface area (Å²) in [5.41, 5.74) is -2.15. The van der Waals surface area contributed by atoms with Crippen LogP contribution in [0.25, 0.3) is 0 Å². The van der Waals surface area contributed by atoms with Crippen molar-refractivity contribution in [2.45, 2.75) is 44.1 Å². The van der Waals surface area contributed by atoms with E-state index in [1.807, 2.05) is 4.98 Å². The maximum Gasteiger partial charge on any atom is 0.469 e. The molecule has 2 rings (SSSR count). The third-order valence-corrected chi connectivity index (χ3v) is 7.58. The van der Waals surface area contributed by atoms with E-state index in [1.54, 1.807) is 13.8 Å². The molecule has 11 nitrogen and oxygen atoms in total. The number of rotatable bonds is 7. The molecule has 0 saturated carbocycles. The Kier molecular flexibility index (Phi) is 6.94. The predicted molar refractivity (Wildman–Crippen MR) is 94.6 cm³/mol. The number of ether oxygens (including phenoxy) is 1. The summed E-state index contributed by atoms with van der Waals surface area (Å²) in [5.74, 6) is 0. The van der Waals surface area contributed by atoms with E-state index in [0.717, 1.165) is 16.8 Å². The van der Waals surface area contributed by atoms with Crippen LogP contribution in [-0.4, -0.2) is 54.9 Å². The Hall–Kier alpha value is -0.750. The lowest BCUT2D eigenvalue weighted by molar-refractivity contribution is -0.0491. The number of aromatic amines is 1. The summed E-state index contributed by atoms with van der Waals surface area (Å²) in [6.45, 7) is -1.18. The van der Waals surface area contributed by atoms with Gasteiger partial charge >= 0.3 is 13.5 Å². The molecule has 1 fully saturated rings. The van der Waals surface area contributed by atoms with Crippen LogP contribution in [0.5, 0.6) is 0 Å². The van der Waals surface area contributed by atoms with Crippen molar-refractivity contribution in [3.63, 3.8) is 0 Å². The highest BCUT2D eigenvalue weighted by molar-refractivity contribution is 8.09. The Morgan fingerprint density at radius 1 is 1.41 bits per heavy atom. The Bertz CT molecular complexity index is 884. The number of alkyl halides is 1. The summed E-state index contributed by atoms with van der Waals surface area (Å²) in [6, 6.07) is 0.992. The molecule has 1 unspecified atom stereocenters. The summed E-state index contributed by atoms with van der Waals surface area (Å²) < 4.78 is 41.5. The second-order valence-electron chi connectivity index (χ2n) is 6.04. The minimum atomic E-state index is -4.90. The number of phosphoric acid groups is 1. The van der Waals surface area contributed by atoms with E-state index in [1.165, 1.54) is 0 Å². The Morgan fingerprint density at radius 2 is 2.04 bits per heavy atom. The van der Waals surface area contributed by atoms with Crippen molar-refractivity contribution in [2.75, 3.05) is 6.61 Å². The van der Waals surface area contributed by atoms with Gasteiger partial charge < -0.3 is 23.9 Å². The van der Waals surface area contributed by atoms with E-state index >= 15 is 0 Å². The molecule has 1 aliphatic rings. The summed E-state index contributed by atoms with van der Waals surface area (Å²) in [5, 5.41) is 0. The van der Waals surface area contributed by atoms with Gasteiger partial charge in [-0.3, -0.25) is 18.9 Å².